The minimum Gasteiger partial charge on any atom is -0.381 e. The number of hydrogen-bond donors (Lipinski definition) is 0. The van der Waals surface area contributed by atoms with Gasteiger partial charge in [0.15, 0.2) is 0 Å². The van der Waals surface area contributed by atoms with Gasteiger partial charge in [-0.1, -0.05) is 39.0 Å². The SMILES string of the molecule is CCCCCCCCSC1CC(OC)CCC1OC. The van der Waals surface area contributed by atoms with Crippen LogP contribution in [0.1, 0.15) is 64.7 Å². The molecule has 0 aromatic rings. The van der Waals surface area contributed by atoms with Gasteiger partial charge in [-0.15, -0.1) is 0 Å². The van der Waals surface area contributed by atoms with Gasteiger partial charge in [0.25, 0.3) is 0 Å². The monoisotopic (exact) mass is 288 g/mol. The van der Waals surface area contributed by atoms with Crippen molar-refractivity contribution >= 4 is 11.8 Å². The number of unbranched alkanes of at least 4 members (excludes halogenated alkanes) is 5. The lowest BCUT2D eigenvalue weighted by molar-refractivity contribution is 0.00912. The molecule has 1 aliphatic rings. The zero-order chi connectivity index (χ0) is 13.9. The van der Waals surface area contributed by atoms with Crippen molar-refractivity contribution in [3.8, 4) is 0 Å². The standard InChI is InChI=1S/C16H32O2S/c1-4-5-6-7-8-9-12-19-16-13-14(17-2)10-11-15(16)18-3/h14-16H,4-13H2,1-3H3. The fraction of sp³-hybridized carbons (Fsp3) is 1.00. The van der Waals surface area contributed by atoms with Crippen molar-refractivity contribution in [2.24, 2.45) is 0 Å². The molecule has 0 aliphatic heterocycles. The molecule has 0 saturated heterocycles. The smallest absolute Gasteiger partial charge is 0.0691 e. The molecule has 3 atom stereocenters. The third kappa shape index (κ3) is 7.01. The number of thioether (sulfide) groups is 1. The summed E-state index contributed by atoms with van der Waals surface area (Å²) >= 11 is 2.11. The van der Waals surface area contributed by atoms with Crippen molar-refractivity contribution in [2.45, 2.75) is 82.2 Å². The van der Waals surface area contributed by atoms with Gasteiger partial charge in [-0.2, -0.15) is 11.8 Å². The van der Waals surface area contributed by atoms with Crippen molar-refractivity contribution in [2.75, 3.05) is 20.0 Å². The molecule has 0 radical (unpaired) electrons. The highest BCUT2D eigenvalue weighted by molar-refractivity contribution is 7.99. The lowest BCUT2D eigenvalue weighted by Crippen LogP contribution is -2.36. The number of ether oxygens (including phenoxy) is 2. The minimum atomic E-state index is 0.441. The van der Waals surface area contributed by atoms with Crippen LogP contribution in [0.25, 0.3) is 0 Å². The van der Waals surface area contributed by atoms with Crippen LogP contribution in [0.3, 0.4) is 0 Å². The highest BCUT2D eigenvalue weighted by atomic mass is 32.2. The molecule has 1 fully saturated rings. The average molecular weight is 288 g/mol. The second-order valence-corrected chi connectivity index (χ2v) is 6.97. The van der Waals surface area contributed by atoms with Crippen molar-refractivity contribution in [3.05, 3.63) is 0 Å². The van der Waals surface area contributed by atoms with E-state index in [2.05, 4.69) is 18.7 Å². The van der Waals surface area contributed by atoms with E-state index in [4.69, 9.17) is 9.47 Å². The van der Waals surface area contributed by atoms with E-state index < -0.39 is 0 Å². The van der Waals surface area contributed by atoms with E-state index in [1.54, 1.807) is 0 Å². The predicted octanol–water partition coefficient (Wildman–Crippen LogP) is 4.66. The van der Waals surface area contributed by atoms with E-state index in [1.165, 1.54) is 44.3 Å². The molecule has 0 heterocycles. The highest BCUT2D eigenvalue weighted by Crippen LogP contribution is 2.32. The molecule has 3 unspecified atom stereocenters. The van der Waals surface area contributed by atoms with Crippen LogP contribution in [0.15, 0.2) is 0 Å². The first-order chi connectivity index (χ1) is 9.31. The third-order valence-corrected chi connectivity index (χ3v) is 5.60. The van der Waals surface area contributed by atoms with Crippen molar-refractivity contribution in [3.63, 3.8) is 0 Å². The van der Waals surface area contributed by atoms with Crippen LogP contribution in [-0.2, 0) is 9.47 Å². The molecule has 0 N–H and O–H groups in total. The number of methoxy groups -OCH3 is 2. The van der Waals surface area contributed by atoms with Gasteiger partial charge in [0.2, 0.25) is 0 Å². The molecule has 1 aliphatic carbocycles. The molecule has 1 rings (SSSR count). The van der Waals surface area contributed by atoms with Crippen LogP contribution in [0, 0.1) is 0 Å². The molecule has 2 nitrogen and oxygen atoms in total. The normalized spacial score (nSPS) is 27.6. The molecule has 1 saturated carbocycles. The number of hydrogen-bond acceptors (Lipinski definition) is 3. The first-order valence-electron chi connectivity index (χ1n) is 7.99. The van der Waals surface area contributed by atoms with Gasteiger partial charge in [-0.05, 0) is 31.4 Å². The average Bonchev–Trinajstić information content (AvgIpc) is 2.46. The Morgan fingerprint density at radius 3 is 2.37 bits per heavy atom. The maximum absolute atomic E-state index is 5.63. The van der Waals surface area contributed by atoms with Gasteiger partial charge in [-0.3, -0.25) is 0 Å². The molecule has 0 aromatic carbocycles. The summed E-state index contributed by atoms with van der Waals surface area (Å²) in [4.78, 5) is 0. The molecule has 0 spiro atoms. The zero-order valence-corrected chi connectivity index (χ0v) is 13.8. The summed E-state index contributed by atoms with van der Waals surface area (Å²) in [6, 6.07) is 0. The Bertz CT molecular complexity index is 211. The first-order valence-corrected chi connectivity index (χ1v) is 9.03. The van der Waals surface area contributed by atoms with E-state index >= 15 is 0 Å². The highest BCUT2D eigenvalue weighted by Gasteiger charge is 2.30. The molecule has 114 valence electrons. The van der Waals surface area contributed by atoms with E-state index in [1.807, 2.05) is 14.2 Å². The summed E-state index contributed by atoms with van der Waals surface area (Å²) in [5.41, 5.74) is 0. The molecule has 0 aromatic heterocycles. The molecular weight excluding hydrogens is 256 g/mol. The second-order valence-electron chi connectivity index (χ2n) is 5.62. The largest absolute Gasteiger partial charge is 0.381 e. The van der Waals surface area contributed by atoms with Gasteiger partial charge in [0.05, 0.1) is 12.2 Å². The number of rotatable bonds is 10. The van der Waals surface area contributed by atoms with Gasteiger partial charge in [-0.25, -0.2) is 0 Å². The van der Waals surface area contributed by atoms with Crippen LogP contribution in [0.2, 0.25) is 0 Å². The summed E-state index contributed by atoms with van der Waals surface area (Å²) in [6.45, 7) is 2.27. The minimum absolute atomic E-state index is 0.441. The van der Waals surface area contributed by atoms with E-state index in [0.717, 1.165) is 19.3 Å². The molecule has 19 heavy (non-hydrogen) atoms. The van der Waals surface area contributed by atoms with Gasteiger partial charge < -0.3 is 9.47 Å². The Morgan fingerprint density at radius 1 is 0.947 bits per heavy atom. The Morgan fingerprint density at radius 2 is 1.68 bits per heavy atom. The summed E-state index contributed by atoms with van der Waals surface area (Å²) in [6.07, 6.45) is 12.7. The van der Waals surface area contributed by atoms with Crippen molar-refractivity contribution in [1.29, 1.82) is 0 Å². The van der Waals surface area contributed by atoms with Gasteiger partial charge >= 0.3 is 0 Å². The van der Waals surface area contributed by atoms with Gasteiger partial charge in [0.1, 0.15) is 0 Å². The Labute approximate surface area is 124 Å². The van der Waals surface area contributed by atoms with Crippen LogP contribution < -0.4 is 0 Å². The summed E-state index contributed by atoms with van der Waals surface area (Å²) < 4.78 is 11.1. The maximum Gasteiger partial charge on any atom is 0.0691 e. The van der Waals surface area contributed by atoms with Crippen molar-refractivity contribution in [1.82, 2.24) is 0 Å². The second kappa shape index (κ2) is 11.0. The molecule has 0 bridgehead atoms. The topological polar surface area (TPSA) is 18.5 Å². The Kier molecular flexibility index (Phi) is 10.0. The van der Waals surface area contributed by atoms with Crippen LogP contribution in [0.5, 0.6) is 0 Å². The Balaban J connectivity index is 2.11. The van der Waals surface area contributed by atoms with E-state index in [-0.39, 0.29) is 0 Å². The summed E-state index contributed by atoms with van der Waals surface area (Å²) in [5, 5.41) is 0.638. The summed E-state index contributed by atoms with van der Waals surface area (Å²) in [7, 11) is 3.70. The lowest BCUT2D eigenvalue weighted by atomic mass is 9.94. The fourth-order valence-electron chi connectivity index (χ4n) is 2.84. The Hall–Kier alpha value is 0.270. The fourth-order valence-corrected chi connectivity index (χ4v) is 4.33. The first kappa shape index (κ1) is 17.3. The molecular formula is C16H32O2S. The third-order valence-electron chi connectivity index (χ3n) is 4.15. The molecule has 3 heteroatoms. The maximum atomic E-state index is 5.63. The summed E-state index contributed by atoms with van der Waals surface area (Å²) in [5.74, 6) is 1.28. The zero-order valence-electron chi connectivity index (χ0n) is 13.0. The quantitative estimate of drug-likeness (QED) is 0.545. The van der Waals surface area contributed by atoms with Crippen molar-refractivity contribution < 1.29 is 9.47 Å². The van der Waals surface area contributed by atoms with Crippen LogP contribution in [-0.4, -0.2) is 37.4 Å². The van der Waals surface area contributed by atoms with Crippen LogP contribution >= 0.6 is 11.8 Å². The van der Waals surface area contributed by atoms with E-state index in [0.29, 0.717) is 17.5 Å². The van der Waals surface area contributed by atoms with Crippen LogP contribution in [0.4, 0.5) is 0 Å². The lowest BCUT2D eigenvalue weighted by Gasteiger charge is -2.34. The molecule has 0 amide bonds. The van der Waals surface area contributed by atoms with E-state index in [9.17, 15) is 0 Å². The predicted molar refractivity (Wildman–Crippen MR) is 85.1 cm³/mol. The van der Waals surface area contributed by atoms with Gasteiger partial charge in [0, 0.05) is 19.5 Å².